The van der Waals surface area contributed by atoms with E-state index in [9.17, 15) is 0 Å². The second-order valence-electron chi connectivity index (χ2n) is 18.9. The molecule has 0 N–H and O–H groups in total. The Morgan fingerprint density at radius 1 is 0.215 bits per heavy atom. The lowest BCUT2D eigenvalue weighted by atomic mass is 10.0. The highest BCUT2D eigenvalue weighted by Crippen LogP contribution is 2.41. The third kappa shape index (κ3) is 9.13. The molecule has 5 heterocycles. The van der Waals surface area contributed by atoms with Gasteiger partial charge >= 0.3 is 0 Å². The number of hydrogen-bond acceptors (Lipinski definition) is 10. The van der Waals surface area contributed by atoms with Crippen LogP contribution in [0, 0.1) is 0 Å². The largest absolute Gasteiger partial charge is 0.308 e. The number of nitrogens with zero attached hydrogens (tertiary/aromatic N) is 11. The number of fused-ring (bicyclic) bond motifs is 3. The summed E-state index contributed by atoms with van der Waals surface area (Å²) in [4.78, 5) is 50.9. The second-order valence-corrected chi connectivity index (χ2v) is 18.9. The van der Waals surface area contributed by atoms with Crippen LogP contribution in [0.1, 0.15) is 0 Å². The zero-order valence-electron chi connectivity index (χ0n) is 42.2. The molecule has 11 nitrogen and oxygen atoms in total. The number of aromatic nitrogens is 11. The molecule has 0 atom stereocenters. The zero-order valence-corrected chi connectivity index (χ0v) is 42.2. The third-order valence-corrected chi connectivity index (χ3v) is 13.9. The van der Waals surface area contributed by atoms with E-state index in [2.05, 4.69) is 64.1 Å². The van der Waals surface area contributed by atoms with Gasteiger partial charge in [0.05, 0.1) is 16.7 Å². The van der Waals surface area contributed by atoms with Crippen LogP contribution in [0.4, 0.5) is 0 Å². The van der Waals surface area contributed by atoms with Gasteiger partial charge in [-0.05, 0) is 47.5 Å². The van der Waals surface area contributed by atoms with E-state index >= 15 is 0 Å². The van der Waals surface area contributed by atoms with Crippen molar-refractivity contribution in [1.29, 1.82) is 0 Å². The minimum atomic E-state index is 0.496. The van der Waals surface area contributed by atoms with Crippen LogP contribution >= 0.6 is 0 Å². The summed E-state index contributed by atoms with van der Waals surface area (Å²) in [5.41, 5.74) is 12.2. The number of hydrogen-bond donors (Lipinski definition) is 0. The van der Waals surface area contributed by atoms with E-state index < -0.39 is 0 Å². The monoisotopic (exact) mass is 1010 g/mol. The Kier molecular flexibility index (Phi) is 11.9. The van der Waals surface area contributed by atoms with Gasteiger partial charge in [-0.1, -0.05) is 212 Å². The van der Waals surface area contributed by atoms with E-state index in [0.29, 0.717) is 52.4 Å². The summed E-state index contributed by atoms with van der Waals surface area (Å²) in [6, 6.07) is 83.6. The number of rotatable bonds is 11. The molecule has 11 heteroatoms. The number of benzene rings is 9. The molecule has 0 aliphatic rings. The summed E-state index contributed by atoms with van der Waals surface area (Å²) >= 11 is 0. The Bertz CT molecular complexity index is 4150. The molecule has 14 rings (SSSR count). The Morgan fingerprint density at radius 2 is 0.506 bits per heavy atom. The van der Waals surface area contributed by atoms with Crippen LogP contribution in [-0.2, 0) is 0 Å². The first-order valence-corrected chi connectivity index (χ1v) is 25.9. The average Bonchev–Trinajstić information content (AvgIpc) is 4.05. The van der Waals surface area contributed by atoms with Crippen LogP contribution < -0.4 is 0 Å². The van der Waals surface area contributed by atoms with Crippen molar-refractivity contribution in [2.75, 3.05) is 0 Å². The molecular weight excluding hydrogens is 971 g/mol. The molecule has 0 unspecified atom stereocenters. The lowest BCUT2D eigenvalue weighted by molar-refractivity contribution is 1.06. The van der Waals surface area contributed by atoms with Crippen molar-refractivity contribution < 1.29 is 0 Å². The normalized spacial score (nSPS) is 11.3. The fraction of sp³-hybridized carbons (Fsp3) is 0. The van der Waals surface area contributed by atoms with Gasteiger partial charge in [0.25, 0.3) is 0 Å². The molecule has 0 saturated heterocycles. The smallest absolute Gasteiger partial charge is 0.166 e. The van der Waals surface area contributed by atoms with Crippen molar-refractivity contribution in [2.24, 2.45) is 0 Å². The maximum absolute atomic E-state index is 5.35. The number of pyridine rings is 1. The summed E-state index contributed by atoms with van der Waals surface area (Å²) in [6.07, 6.45) is 3.62. The van der Waals surface area contributed by atoms with E-state index in [-0.39, 0.29) is 0 Å². The molecule has 0 fully saturated rings. The van der Waals surface area contributed by atoms with Crippen LogP contribution in [-0.4, -0.2) is 54.4 Å². The molecule has 0 amide bonds. The van der Waals surface area contributed by atoms with Crippen LogP contribution in [0.15, 0.2) is 261 Å². The summed E-state index contributed by atoms with van der Waals surface area (Å²) in [7, 11) is 0. The fourth-order valence-corrected chi connectivity index (χ4v) is 9.99. The van der Waals surface area contributed by atoms with Crippen molar-refractivity contribution in [1.82, 2.24) is 54.4 Å². The Morgan fingerprint density at radius 3 is 0.835 bits per heavy atom. The molecule has 79 heavy (non-hydrogen) atoms. The zero-order chi connectivity index (χ0) is 52.5. The molecule has 9 aromatic carbocycles. The van der Waals surface area contributed by atoms with Crippen molar-refractivity contribution in [2.45, 2.75) is 0 Å². The average molecular weight is 1010 g/mol. The lowest BCUT2D eigenvalue weighted by Crippen LogP contribution is -2.04. The summed E-state index contributed by atoms with van der Waals surface area (Å²) in [5.74, 6) is 4.95. The molecule has 0 spiro atoms. The first-order valence-electron chi connectivity index (χ1n) is 25.9. The molecule has 370 valence electrons. The Hall–Kier alpha value is -11.0. The quantitative estimate of drug-likeness (QED) is 0.123. The van der Waals surface area contributed by atoms with E-state index in [1.54, 1.807) is 0 Å². The van der Waals surface area contributed by atoms with Gasteiger partial charge in [-0.3, -0.25) is 4.98 Å². The molecule has 0 aliphatic heterocycles. The molecular formula is C68H43N11. The topological polar surface area (TPSA) is 134 Å². The molecule has 0 radical (unpaired) electrons. The predicted molar refractivity (Wildman–Crippen MR) is 313 cm³/mol. The maximum Gasteiger partial charge on any atom is 0.166 e. The van der Waals surface area contributed by atoms with Gasteiger partial charge in [-0.25, -0.2) is 44.9 Å². The van der Waals surface area contributed by atoms with Gasteiger partial charge in [-0.2, -0.15) is 0 Å². The van der Waals surface area contributed by atoms with Crippen LogP contribution in [0.3, 0.4) is 0 Å². The summed E-state index contributed by atoms with van der Waals surface area (Å²) in [6.45, 7) is 0. The second kappa shape index (κ2) is 20.2. The van der Waals surface area contributed by atoms with Crippen molar-refractivity contribution in [3.63, 3.8) is 0 Å². The first-order chi connectivity index (χ1) is 39.1. The van der Waals surface area contributed by atoms with Crippen molar-refractivity contribution in [3.05, 3.63) is 261 Å². The highest BCUT2D eigenvalue weighted by Gasteiger charge is 2.23. The molecule has 14 aromatic rings. The van der Waals surface area contributed by atoms with Crippen LogP contribution in [0.5, 0.6) is 0 Å². The van der Waals surface area contributed by atoms with Crippen molar-refractivity contribution >= 4 is 21.8 Å². The maximum atomic E-state index is 5.35. The lowest BCUT2D eigenvalue weighted by Gasteiger charge is -2.17. The molecule has 5 aromatic heterocycles. The van der Waals surface area contributed by atoms with Crippen molar-refractivity contribution in [3.8, 4) is 119 Å². The van der Waals surface area contributed by atoms with E-state index in [0.717, 1.165) is 88.7 Å². The van der Waals surface area contributed by atoms with Gasteiger partial charge < -0.3 is 4.57 Å². The minimum absolute atomic E-state index is 0.496. The molecule has 0 aliphatic carbocycles. The Labute approximate surface area is 454 Å². The van der Waals surface area contributed by atoms with Gasteiger partial charge in [-0.15, -0.1) is 0 Å². The van der Waals surface area contributed by atoms with Crippen LogP contribution in [0.2, 0.25) is 0 Å². The SMILES string of the molecule is c1ccc(-c2nc(-c3ccccc3)nc(-c3ccc4c5ccc(-c6nc(-c7ccccc7)nc(-c7ccccc7)n6)cc5n(-c5ccc(-c6ccncc6)cc5-c5nc(-c6ccccc6)nc(-c6ccccc6)n5)c4c3)n2)cc1. The van der Waals surface area contributed by atoms with E-state index in [4.69, 9.17) is 44.9 Å². The van der Waals surface area contributed by atoms with E-state index in [1.165, 1.54) is 0 Å². The minimum Gasteiger partial charge on any atom is -0.308 e. The van der Waals surface area contributed by atoms with E-state index in [1.807, 2.05) is 207 Å². The third-order valence-electron chi connectivity index (χ3n) is 13.9. The highest BCUT2D eigenvalue weighted by atomic mass is 15.1. The molecule has 0 bridgehead atoms. The fourth-order valence-electron chi connectivity index (χ4n) is 9.99. The Balaban J connectivity index is 1.06. The van der Waals surface area contributed by atoms with Gasteiger partial charge in [0.15, 0.2) is 52.4 Å². The van der Waals surface area contributed by atoms with Gasteiger partial charge in [0.1, 0.15) is 0 Å². The van der Waals surface area contributed by atoms with Gasteiger partial charge in [0.2, 0.25) is 0 Å². The standard InChI is InChI=1S/C68H43N11/c1-7-19-45(20-8-1)60-70-61(46-21-9-2-10-22-46)74-66(73-60)52-31-34-54-55-35-32-53(67-75-62(47-23-11-3-12-24-47)71-63(76-67)48-25-13-4-14-26-48)43-59(55)79(58(54)42-52)57-36-33-51(44-37-39-69-40-38-44)41-56(57)68-77-64(49-27-15-5-16-28-49)72-65(78-68)50-29-17-6-18-30-50/h1-43H. The first kappa shape index (κ1) is 46.5. The summed E-state index contributed by atoms with van der Waals surface area (Å²) in [5, 5.41) is 2.01. The highest BCUT2D eigenvalue weighted by molar-refractivity contribution is 6.11. The predicted octanol–water partition coefficient (Wildman–Crippen LogP) is 15.4. The molecule has 0 saturated carbocycles. The van der Waals surface area contributed by atoms with Crippen LogP contribution in [0.25, 0.3) is 141 Å². The summed E-state index contributed by atoms with van der Waals surface area (Å²) < 4.78 is 2.30. The van der Waals surface area contributed by atoms with Gasteiger partial charge in [0, 0.05) is 73.2 Å².